The van der Waals surface area contributed by atoms with Gasteiger partial charge < -0.3 is 15.5 Å². The maximum absolute atomic E-state index is 13.2. The molecule has 2 aromatic heterocycles. The predicted molar refractivity (Wildman–Crippen MR) is 103 cm³/mol. The van der Waals surface area contributed by atoms with Crippen LogP contribution in [0.2, 0.25) is 0 Å². The van der Waals surface area contributed by atoms with Crippen molar-refractivity contribution < 1.29 is 9.59 Å². The maximum atomic E-state index is 13.2. The van der Waals surface area contributed by atoms with Crippen molar-refractivity contribution in [2.24, 2.45) is 11.7 Å². The van der Waals surface area contributed by atoms with Crippen LogP contribution >= 0.6 is 11.3 Å². The lowest BCUT2D eigenvalue weighted by Crippen LogP contribution is -2.42. The Morgan fingerprint density at radius 1 is 1.07 bits per heavy atom. The first-order valence-corrected chi connectivity index (χ1v) is 10.2. The van der Waals surface area contributed by atoms with Crippen molar-refractivity contribution in [3.05, 3.63) is 40.3 Å². The lowest BCUT2D eigenvalue weighted by atomic mass is 9.95. The number of anilines is 1. The highest BCUT2D eigenvalue weighted by molar-refractivity contribution is 7.14. The largest absolute Gasteiger partial charge is 0.365 e. The Labute approximate surface area is 162 Å². The Morgan fingerprint density at radius 3 is 2.48 bits per heavy atom. The molecule has 1 atom stereocenters. The summed E-state index contributed by atoms with van der Waals surface area (Å²) in [6.07, 6.45) is 7.07. The molecule has 0 saturated carbocycles. The quantitative estimate of drug-likeness (QED) is 0.871. The average molecular weight is 385 g/mol. The summed E-state index contributed by atoms with van der Waals surface area (Å²) in [5.74, 6) is 0.610. The summed E-state index contributed by atoms with van der Waals surface area (Å²) in [6, 6.07) is 5.59. The Hall–Kier alpha value is -2.48. The number of rotatable bonds is 4. The van der Waals surface area contributed by atoms with E-state index in [1.165, 1.54) is 11.3 Å². The number of likely N-dealkylation sites (tertiary alicyclic amines) is 1. The molecule has 2 aliphatic rings. The number of primary amides is 1. The van der Waals surface area contributed by atoms with Gasteiger partial charge in [-0.15, -0.1) is 11.3 Å². The van der Waals surface area contributed by atoms with Crippen LogP contribution in [0.5, 0.6) is 0 Å². The SMILES string of the molecule is NC(=O)c1ccc(C2CCCN2C(=O)C2CCN(c3ncccn3)CC2)s1. The smallest absolute Gasteiger partial charge is 0.258 e. The molecule has 2 N–H and O–H groups in total. The van der Waals surface area contributed by atoms with Gasteiger partial charge in [0.15, 0.2) is 0 Å². The number of nitrogens with two attached hydrogens (primary N) is 1. The van der Waals surface area contributed by atoms with E-state index < -0.39 is 5.91 Å². The third-order valence-corrected chi connectivity index (χ3v) is 6.61. The summed E-state index contributed by atoms with van der Waals surface area (Å²) < 4.78 is 0. The normalized spacial score (nSPS) is 20.8. The van der Waals surface area contributed by atoms with E-state index in [1.54, 1.807) is 18.5 Å². The van der Waals surface area contributed by atoms with Gasteiger partial charge in [-0.3, -0.25) is 9.59 Å². The van der Waals surface area contributed by atoms with Gasteiger partial charge in [0.2, 0.25) is 11.9 Å². The van der Waals surface area contributed by atoms with Gasteiger partial charge in [0.1, 0.15) is 0 Å². The lowest BCUT2D eigenvalue weighted by molar-refractivity contribution is -0.137. The molecule has 4 rings (SSSR count). The summed E-state index contributed by atoms with van der Waals surface area (Å²) in [4.78, 5) is 38.9. The minimum atomic E-state index is -0.405. The molecule has 0 spiro atoms. The number of amides is 2. The van der Waals surface area contributed by atoms with E-state index in [-0.39, 0.29) is 17.9 Å². The predicted octanol–water partition coefficient (Wildman–Crippen LogP) is 2.22. The number of aromatic nitrogens is 2. The molecule has 0 aliphatic carbocycles. The van der Waals surface area contributed by atoms with Gasteiger partial charge in [-0.05, 0) is 43.9 Å². The molecule has 2 aliphatic heterocycles. The van der Waals surface area contributed by atoms with Crippen LogP contribution < -0.4 is 10.6 Å². The van der Waals surface area contributed by atoms with E-state index in [1.807, 2.05) is 17.0 Å². The van der Waals surface area contributed by atoms with Crippen LogP contribution in [0, 0.1) is 5.92 Å². The number of carbonyl (C=O) groups is 2. The fourth-order valence-corrected chi connectivity index (χ4v) is 5.01. The average Bonchev–Trinajstić information content (AvgIpc) is 3.37. The molecule has 0 aromatic carbocycles. The zero-order valence-electron chi connectivity index (χ0n) is 15.1. The van der Waals surface area contributed by atoms with Gasteiger partial charge in [-0.25, -0.2) is 9.97 Å². The second kappa shape index (κ2) is 7.64. The first-order chi connectivity index (χ1) is 13.1. The Balaban J connectivity index is 1.41. The van der Waals surface area contributed by atoms with Crippen molar-refractivity contribution in [2.45, 2.75) is 31.7 Å². The van der Waals surface area contributed by atoms with Crippen LogP contribution in [-0.2, 0) is 4.79 Å². The van der Waals surface area contributed by atoms with E-state index in [0.717, 1.165) is 56.1 Å². The van der Waals surface area contributed by atoms with Gasteiger partial charge in [-0.1, -0.05) is 0 Å². The van der Waals surface area contributed by atoms with E-state index in [2.05, 4.69) is 14.9 Å². The minimum Gasteiger partial charge on any atom is -0.365 e. The molecular weight excluding hydrogens is 362 g/mol. The van der Waals surface area contributed by atoms with E-state index in [0.29, 0.717) is 4.88 Å². The zero-order valence-corrected chi connectivity index (χ0v) is 15.9. The van der Waals surface area contributed by atoms with Crippen molar-refractivity contribution in [1.82, 2.24) is 14.9 Å². The zero-order chi connectivity index (χ0) is 18.8. The van der Waals surface area contributed by atoms with E-state index >= 15 is 0 Å². The van der Waals surface area contributed by atoms with Gasteiger partial charge in [0.25, 0.3) is 5.91 Å². The molecule has 4 heterocycles. The van der Waals surface area contributed by atoms with Gasteiger partial charge >= 0.3 is 0 Å². The lowest BCUT2D eigenvalue weighted by Gasteiger charge is -2.34. The number of piperidine rings is 1. The van der Waals surface area contributed by atoms with Crippen LogP contribution in [0.3, 0.4) is 0 Å². The minimum absolute atomic E-state index is 0.0427. The molecule has 2 saturated heterocycles. The highest BCUT2D eigenvalue weighted by atomic mass is 32.1. The maximum Gasteiger partial charge on any atom is 0.258 e. The van der Waals surface area contributed by atoms with Crippen LogP contribution in [-0.4, -0.2) is 46.3 Å². The first kappa shape index (κ1) is 17.9. The number of carbonyl (C=O) groups excluding carboxylic acids is 2. The van der Waals surface area contributed by atoms with Gasteiger partial charge in [0, 0.05) is 42.8 Å². The molecule has 0 bridgehead atoms. The first-order valence-electron chi connectivity index (χ1n) is 9.35. The molecule has 0 radical (unpaired) electrons. The van der Waals surface area contributed by atoms with E-state index in [9.17, 15) is 9.59 Å². The monoisotopic (exact) mass is 385 g/mol. The van der Waals surface area contributed by atoms with E-state index in [4.69, 9.17) is 5.73 Å². The van der Waals surface area contributed by atoms with Crippen LogP contribution in [0.4, 0.5) is 5.95 Å². The third kappa shape index (κ3) is 3.66. The summed E-state index contributed by atoms with van der Waals surface area (Å²) in [6.45, 7) is 2.38. The second-order valence-corrected chi connectivity index (χ2v) is 8.18. The standard InChI is InChI=1S/C19H23N5O2S/c20-17(25)16-5-4-15(27-16)14-3-1-10-24(14)18(26)13-6-11-23(12-7-13)19-21-8-2-9-22-19/h2,4-5,8-9,13-14H,1,3,6-7,10-12H2,(H2,20,25). The van der Waals surface area contributed by atoms with Crippen molar-refractivity contribution >= 4 is 29.1 Å². The summed E-state index contributed by atoms with van der Waals surface area (Å²) >= 11 is 1.41. The molecule has 142 valence electrons. The Morgan fingerprint density at radius 2 is 1.81 bits per heavy atom. The van der Waals surface area contributed by atoms with Crippen molar-refractivity contribution in [1.29, 1.82) is 0 Å². The van der Waals surface area contributed by atoms with Crippen molar-refractivity contribution in [3.63, 3.8) is 0 Å². The van der Waals surface area contributed by atoms with Crippen LogP contribution in [0.15, 0.2) is 30.6 Å². The van der Waals surface area contributed by atoms with Crippen molar-refractivity contribution in [3.8, 4) is 0 Å². The summed E-state index contributed by atoms with van der Waals surface area (Å²) in [7, 11) is 0. The second-order valence-electron chi connectivity index (χ2n) is 7.07. The Kier molecular flexibility index (Phi) is 5.07. The number of hydrogen-bond donors (Lipinski definition) is 1. The highest BCUT2D eigenvalue weighted by Gasteiger charge is 2.36. The van der Waals surface area contributed by atoms with Gasteiger partial charge in [0.05, 0.1) is 10.9 Å². The van der Waals surface area contributed by atoms with Crippen LogP contribution in [0.1, 0.15) is 46.3 Å². The molecule has 7 nitrogen and oxygen atoms in total. The summed E-state index contributed by atoms with van der Waals surface area (Å²) in [5.41, 5.74) is 5.37. The molecule has 2 fully saturated rings. The molecule has 8 heteroatoms. The molecule has 2 aromatic rings. The van der Waals surface area contributed by atoms with Crippen LogP contribution in [0.25, 0.3) is 0 Å². The molecular formula is C19H23N5O2S. The number of thiophene rings is 1. The molecule has 27 heavy (non-hydrogen) atoms. The highest BCUT2D eigenvalue weighted by Crippen LogP contribution is 2.37. The Bertz CT molecular complexity index is 817. The number of nitrogens with zero attached hydrogens (tertiary/aromatic N) is 4. The summed E-state index contributed by atoms with van der Waals surface area (Å²) in [5, 5.41) is 0. The fraction of sp³-hybridized carbons (Fsp3) is 0.474. The number of hydrogen-bond acceptors (Lipinski definition) is 6. The van der Waals surface area contributed by atoms with Crippen molar-refractivity contribution in [2.75, 3.05) is 24.5 Å². The molecule has 2 amide bonds. The topological polar surface area (TPSA) is 92.4 Å². The molecule has 1 unspecified atom stereocenters. The third-order valence-electron chi connectivity index (χ3n) is 5.41. The van der Waals surface area contributed by atoms with Gasteiger partial charge in [-0.2, -0.15) is 0 Å². The fourth-order valence-electron chi connectivity index (χ4n) is 4.01.